The number of nitrogens with one attached hydrogen (secondary N) is 1. The van der Waals surface area contributed by atoms with E-state index in [0.29, 0.717) is 32.0 Å². The van der Waals surface area contributed by atoms with Gasteiger partial charge in [-0.3, -0.25) is 4.79 Å². The largest absolute Gasteiger partial charge is 0.460 e. The van der Waals surface area contributed by atoms with Gasteiger partial charge < -0.3 is 19.5 Å². The lowest BCUT2D eigenvalue weighted by Gasteiger charge is -2.07. The Labute approximate surface area is 114 Å². The number of hydrogen-bond acceptors (Lipinski definition) is 5. The van der Waals surface area contributed by atoms with Crippen molar-refractivity contribution in [2.24, 2.45) is 0 Å². The normalized spacial score (nSPS) is 10.0. The van der Waals surface area contributed by atoms with Crippen LogP contribution in [0.4, 0.5) is 0 Å². The fourth-order valence-corrected chi connectivity index (χ4v) is 1.07. The SMILES string of the molecule is C=C(C)C(=O)OCCNC(=O)CCOCCOCC. The molecule has 0 aliphatic heterocycles. The Morgan fingerprint density at radius 3 is 2.42 bits per heavy atom. The molecule has 0 atom stereocenters. The Bertz CT molecular complexity index is 291. The molecule has 6 heteroatoms. The van der Waals surface area contributed by atoms with Crippen molar-refractivity contribution < 1.29 is 23.8 Å². The zero-order valence-corrected chi connectivity index (χ0v) is 11.7. The summed E-state index contributed by atoms with van der Waals surface area (Å²) in [5.74, 6) is -0.587. The highest BCUT2D eigenvalue weighted by atomic mass is 16.5. The van der Waals surface area contributed by atoms with Gasteiger partial charge in [0.25, 0.3) is 0 Å². The Morgan fingerprint density at radius 2 is 1.79 bits per heavy atom. The average Bonchev–Trinajstić information content (AvgIpc) is 2.38. The predicted octanol–water partition coefficient (Wildman–Crippen LogP) is 0.665. The topological polar surface area (TPSA) is 73.9 Å². The Morgan fingerprint density at radius 1 is 1.11 bits per heavy atom. The summed E-state index contributed by atoms with van der Waals surface area (Å²) in [5.41, 5.74) is 0.342. The van der Waals surface area contributed by atoms with E-state index in [9.17, 15) is 9.59 Å². The van der Waals surface area contributed by atoms with Gasteiger partial charge in [-0.15, -0.1) is 0 Å². The second kappa shape index (κ2) is 11.7. The van der Waals surface area contributed by atoms with E-state index in [2.05, 4.69) is 11.9 Å². The summed E-state index contributed by atoms with van der Waals surface area (Å²) >= 11 is 0. The van der Waals surface area contributed by atoms with E-state index in [-0.39, 0.29) is 25.5 Å². The summed E-state index contributed by atoms with van der Waals surface area (Å²) < 4.78 is 15.1. The number of rotatable bonds is 11. The lowest BCUT2D eigenvalue weighted by molar-refractivity contribution is -0.139. The quantitative estimate of drug-likeness (QED) is 0.340. The molecule has 0 aromatic carbocycles. The van der Waals surface area contributed by atoms with Crippen molar-refractivity contribution in [3.05, 3.63) is 12.2 Å². The summed E-state index contributed by atoms with van der Waals surface area (Å²) in [7, 11) is 0. The molecule has 0 radical (unpaired) electrons. The van der Waals surface area contributed by atoms with Crippen LogP contribution in [0.25, 0.3) is 0 Å². The van der Waals surface area contributed by atoms with Crippen molar-refractivity contribution in [1.82, 2.24) is 5.32 Å². The molecule has 0 heterocycles. The van der Waals surface area contributed by atoms with E-state index in [4.69, 9.17) is 14.2 Å². The van der Waals surface area contributed by atoms with Gasteiger partial charge in [0.15, 0.2) is 0 Å². The lowest BCUT2D eigenvalue weighted by Crippen LogP contribution is -2.29. The van der Waals surface area contributed by atoms with Crippen molar-refractivity contribution in [3.63, 3.8) is 0 Å². The van der Waals surface area contributed by atoms with Crippen molar-refractivity contribution in [3.8, 4) is 0 Å². The first kappa shape index (κ1) is 17.6. The molecule has 0 aliphatic rings. The molecule has 0 spiro atoms. The molecule has 1 amide bonds. The van der Waals surface area contributed by atoms with Crippen LogP contribution < -0.4 is 5.32 Å². The summed E-state index contributed by atoms with van der Waals surface area (Å²) in [5, 5.41) is 2.62. The van der Waals surface area contributed by atoms with Gasteiger partial charge >= 0.3 is 5.97 Å². The summed E-state index contributed by atoms with van der Waals surface area (Å²) in [4.78, 5) is 22.3. The van der Waals surface area contributed by atoms with E-state index >= 15 is 0 Å². The maximum absolute atomic E-state index is 11.3. The van der Waals surface area contributed by atoms with Gasteiger partial charge in [0, 0.05) is 18.6 Å². The van der Waals surface area contributed by atoms with Crippen LogP contribution in [-0.4, -0.2) is 51.5 Å². The minimum atomic E-state index is -0.450. The van der Waals surface area contributed by atoms with Gasteiger partial charge in [0.2, 0.25) is 5.91 Å². The summed E-state index contributed by atoms with van der Waals surface area (Å²) in [6.07, 6.45) is 0.278. The standard InChI is InChI=1S/C13H23NO5/c1-4-17-9-10-18-7-5-12(15)14-6-8-19-13(16)11(2)3/h2,4-10H2,1,3H3,(H,14,15). The van der Waals surface area contributed by atoms with E-state index in [1.54, 1.807) is 6.92 Å². The molecule has 19 heavy (non-hydrogen) atoms. The molecule has 0 rings (SSSR count). The molecule has 0 saturated carbocycles. The van der Waals surface area contributed by atoms with Crippen LogP contribution in [0, 0.1) is 0 Å². The van der Waals surface area contributed by atoms with Crippen molar-refractivity contribution in [1.29, 1.82) is 0 Å². The smallest absolute Gasteiger partial charge is 0.333 e. The highest BCUT2D eigenvalue weighted by molar-refractivity contribution is 5.86. The molecule has 0 unspecified atom stereocenters. The molecule has 0 aromatic rings. The molecule has 6 nitrogen and oxygen atoms in total. The van der Waals surface area contributed by atoms with E-state index in [1.807, 2.05) is 6.92 Å². The molecule has 0 bridgehead atoms. The first-order chi connectivity index (χ1) is 9.07. The molecule has 0 aliphatic carbocycles. The Hall–Kier alpha value is -1.40. The zero-order chi connectivity index (χ0) is 14.5. The highest BCUT2D eigenvalue weighted by Gasteiger charge is 2.04. The molecule has 110 valence electrons. The number of ether oxygens (including phenoxy) is 3. The second-order valence-electron chi connectivity index (χ2n) is 3.83. The molecule has 0 fully saturated rings. The number of carbonyl (C=O) groups excluding carboxylic acids is 2. The van der Waals surface area contributed by atoms with Crippen LogP contribution in [0.3, 0.4) is 0 Å². The maximum Gasteiger partial charge on any atom is 0.333 e. The van der Waals surface area contributed by atoms with Crippen molar-refractivity contribution in [2.75, 3.05) is 39.6 Å². The van der Waals surface area contributed by atoms with E-state index < -0.39 is 5.97 Å². The van der Waals surface area contributed by atoms with E-state index in [0.717, 1.165) is 0 Å². The van der Waals surface area contributed by atoms with Crippen LogP contribution in [0.5, 0.6) is 0 Å². The maximum atomic E-state index is 11.3. The number of hydrogen-bond donors (Lipinski definition) is 1. The van der Waals surface area contributed by atoms with Gasteiger partial charge in [0.05, 0.1) is 26.4 Å². The number of carbonyl (C=O) groups is 2. The van der Waals surface area contributed by atoms with Gasteiger partial charge in [-0.1, -0.05) is 6.58 Å². The fourth-order valence-electron chi connectivity index (χ4n) is 1.07. The molecule has 1 N–H and O–H groups in total. The van der Waals surface area contributed by atoms with E-state index in [1.165, 1.54) is 0 Å². The highest BCUT2D eigenvalue weighted by Crippen LogP contribution is 1.91. The molecule has 0 saturated heterocycles. The lowest BCUT2D eigenvalue weighted by atomic mass is 10.4. The van der Waals surface area contributed by atoms with Gasteiger partial charge in [-0.05, 0) is 13.8 Å². The van der Waals surface area contributed by atoms with Gasteiger partial charge in [-0.2, -0.15) is 0 Å². The first-order valence-electron chi connectivity index (χ1n) is 6.32. The third kappa shape index (κ3) is 11.4. The molecular weight excluding hydrogens is 250 g/mol. The van der Waals surface area contributed by atoms with Crippen LogP contribution >= 0.6 is 0 Å². The van der Waals surface area contributed by atoms with Crippen molar-refractivity contribution in [2.45, 2.75) is 20.3 Å². The molecule has 0 aromatic heterocycles. The molecular formula is C13H23NO5. The van der Waals surface area contributed by atoms with Crippen LogP contribution in [0.1, 0.15) is 20.3 Å². The van der Waals surface area contributed by atoms with Crippen molar-refractivity contribution >= 4 is 11.9 Å². The van der Waals surface area contributed by atoms with Crippen LogP contribution in [0.15, 0.2) is 12.2 Å². The summed E-state index contributed by atoms with van der Waals surface area (Å²) in [6.45, 7) is 9.39. The first-order valence-corrected chi connectivity index (χ1v) is 6.32. The number of amides is 1. The Balaban J connectivity index is 3.35. The van der Waals surface area contributed by atoms with Crippen LogP contribution in [0.2, 0.25) is 0 Å². The third-order valence-electron chi connectivity index (χ3n) is 2.06. The third-order valence-corrected chi connectivity index (χ3v) is 2.06. The van der Waals surface area contributed by atoms with Gasteiger partial charge in [-0.25, -0.2) is 4.79 Å². The monoisotopic (exact) mass is 273 g/mol. The Kier molecular flexibility index (Phi) is 10.8. The van der Waals surface area contributed by atoms with Crippen LogP contribution in [-0.2, 0) is 23.8 Å². The minimum Gasteiger partial charge on any atom is -0.460 e. The fraction of sp³-hybridized carbons (Fsp3) is 0.692. The summed E-state index contributed by atoms with van der Waals surface area (Å²) in [6, 6.07) is 0. The zero-order valence-electron chi connectivity index (χ0n) is 11.7. The second-order valence-corrected chi connectivity index (χ2v) is 3.83. The number of esters is 1. The predicted molar refractivity (Wildman–Crippen MR) is 70.7 cm³/mol. The van der Waals surface area contributed by atoms with Gasteiger partial charge in [0.1, 0.15) is 6.61 Å². The average molecular weight is 273 g/mol. The minimum absolute atomic E-state index is 0.136.